The summed E-state index contributed by atoms with van der Waals surface area (Å²) < 4.78 is 1.93. The zero-order chi connectivity index (χ0) is 19.5. The molecule has 4 rings (SSSR count). The minimum Gasteiger partial charge on any atom is -0.276 e. The molecule has 0 atom stereocenters. The first-order valence-electron chi connectivity index (χ1n) is 9.15. The van der Waals surface area contributed by atoms with Gasteiger partial charge in [-0.15, -0.1) is 10.2 Å². The minimum atomic E-state index is -0.0221. The zero-order valence-electron chi connectivity index (χ0n) is 15.9. The van der Waals surface area contributed by atoms with Gasteiger partial charge in [0.2, 0.25) is 0 Å². The summed E-state index contributed by atoms with van der Waals surface area (Å²) in [6, 6.07) is 16.2. The lowest BCUT2D eigenvalue weighted by Crippen LogP contribution is -2.25. The lowest BCUT2D eigenvalue weighted by atomic mass is 10.1. The summed E-state index contributed by atoms with van der Waals surface area (Å²) in [5, 5.41) is 15.0. The molecule has 0 N–H and O–H groups in total. The fourth-order valence-corrected chi connectivity index (χ4v) is 4.03. The molecule has 0 radical (unpaired) electrons. The first kappa shape index (κ1) is 18.4. The van der Waals surface area contributed by atoms with E-state index in [1.165, 1.54) is 17.3 Å². The Morgan fingerprint density at radius 3 is 2.75 bits per heavy atom. The number of benzene rings is 2. The van der Waals surface area contributed by atoms with Gasteiger partial charge in [-0.25, -0.2) is 5.01 Å². The Balaban J connectivity index is 1.44. The third kappa shape index (κ3) is 3.84. The molecule has 0 bridgehead atoms. The molecule has 1 aliphatic rings. The molecule has 2 heterocycles. The van der Waals surface area contributed by atoms with Crippen LogP contribution in [0.3, 0.4) is 0 Å². The van der Waals surface area contributed by atoms with E-state index < -0.39 is 0 Å². The number of carbonyl (C=O) groups excluding carboxylic acids is 1. The van der Waals surface area contributed by atoms with Gasteiger partial charge in [0, 0.05) is 6.42 Å². The van der Waals surface area contributed by atoms with E-state index in [1.807, 2.05) is 34.9 Å². The van der Waals surface area contributed by atoms with Crippen molar-refractivity contribution in [3.63, 3.8) is 0 Å². The highest BCUT2D eigenvalue weighted by molar-refractivity contribution is 7.99. The number of aryl methyl sites for hydroxylation is 2. The van der Waals surface area contributed by atoms with E-state index >= 15 is 0 Å². The molecule has 1 amide bonds. The summed E-state index contributed by atoms with van der Waals surface area (Å²) >= 11 is 1.38. The number of rotatable bonds is 5. The largest absolute Gasteiger partial charge is 0.276 e. The molecular formula is C21H21N5OS. The van der Waals surface area contributed by atoms with E-state index in [9.17, 15) is 4.79 Å². The summed E-state index contributed by atoms with van der Waals surface area (Å²) in [4.78, 5) is 12.6. The van der Waals surface area contributed by atoms with Crippen LogP contribution in [0.5, 0.6) is 0 Å². The topological polar surface area (TPSA) is 63.4 Å². The second-order valence-electron chi connectivity index (χ2n) is 6.74. The average Bonchev–Trinajstić information content (AvgIpc) is 3.37. The van der Waals surface area contributed by atoms with Gasteiger partial charge in [-0.3, -0.25) is 9.36 Å². The smallest absolute Gasteiger partial charge is 0.253 e. The first-order valence-corrected chi connectivity index (χ1v) is 10.1. The van der Waals surface area contributed by atoms with Gasteiger partial charge in [0.25, 0.3) is 5.91 Å². The summed E-state index contributed by atoms with van der Waals surface area (Å²) in [5.74, 6) is 0.251. The monoisotopic (exact) mass is 391 g/mol. The first-order chi connectivity index (χ1) is 13.6. The van der Waals surface area contributed by atoms with Crippen molar-refractivity contribution in [2.24, 2.45) is 5.10 Å². The van der Waals surface area contributed by atoms with E-state index in [-0.39, 0.29) is 11.7 Å². The van der Waals surface area contributed by atoms with E-state index in [0.29, 0.717) is 11.7 Å². The van der Waals surface area contributed by atoms with Crippen LogP contribution >= 0.6 is 11.8 Å². The molecule has 0 saturated heterocycles. The number of carbonyl (C=O) groups is 1. The molecule has 0 aliphatic carbocycles. The Hall–Kier alpha value is -2.93. The van der Waals surface area contributed by atoms with E-state index in [2.05, 4.69) is 47.3 Å². The highest BCUT2D eigenvalue weighted by Crippen LogP contribution is 2.23. The van der Waals surface area contributed by atoms with Crippen LogP contribution in [0.15, 0.2) is 65.1 Å². The van der Waals surface area contributed by atoms with Gasteiger partial charge in [-0.2, -0.15) is 5.10 Å². The Labute approximate surface area is 168 Å². The third-order valence-electron chi connectivity index (χ3n) is 4.65. The standard InChI is InChI=1S/C21H21N5OS/c1-15-8-9-19(16(2)12-15)25-14-22-23-21(25)28-13-20(27)26-11-10-18(24-26)17-6-4-3-5-7-17/h3-9,12,14H,10-11,13H2,1-2H3. The summed E-state index contributed by atoms with van der Waals surface area (Å²) in [5.41, 5.74) is 5.40. The van der Waals surface area contributed by atoms with Crippen molar-refractivity contribution in [3.8, 4) is 5.69 Å². The summed E-state index contributed by atoms with van der Waals surface area (Å²) in [7, 11) is 0. The number of hydrogen-bond acceptors (Lipinski definition) is 5. The third-order valence-corrected chi connectivity index (χ3v) is 5.58. The van der Waals surface area contributed by atoms with Crippen molar-refractivity contribution in [1.29, 1.82) is 0 Å². The molecule has 28 heavy (non-hydrogen) atoms. The Morgan fingerprint density at radius 2 is 1.96 bits per heavy atom. The molecule has 2 aromatic carbocycles. The van der Waals surface area contributed by atoms with Gasteiger partial charge in [-0.1, -0.05) is 59.8 Å². The SMILES string of the molecule is Cc1ccc(-n2cnnc2SCC(=O)N2CCC(c3ccccc3)=N2)c(C)c1. The molecule has 0 fully saturated rings. The molecule has 1 aromatic heterocycles. The minimum absolute atomic E-state index is 0.0221. The van der Waals surface area contributed by atoms with Crippen molar-refractivity contribution >= 4 is 23.4 Å². The van der Waals surface area contributed by atoms with Crippen LogP contribution in [0.4, 0.5) is 0 Å². The Bertz CT molecular complexity index is 1030. The van der Waals surface area contributed by atoms with E-state index in [1.54, 1.807) is 11.3 Å². The normalized spacial score (nSPS) is 13.6. The van der Waals surface area contributed by atoms with Gasteiger partial charge in [0.05, 0.1) is 23.7 Å². The van der Waals surface area contributed by atoms with Crippen LogP contribution < -0.4 is 0 Å². The lowest BCUT2D eigenvalue weighted by molar-refractivity contribution is -0.127. The predicted octanol–water partition coefficient (Wildman–Crippen LogP) is 3.61. The summed E-state index contributed by atoms with van der Waals surface area (Å²) in [6.45, 7) is 4.75. The molecule has 6 nitrogen and oxygen atoms in total. The number of thioether (sulfide) groups is 1. The highest BCUT2D eigenvalue weighted by atomic mass is 32.2. The Kier molecular flexibility index (Phi) is 5.25. The van der Waals surface area contributed by atoms with Crippen molar-refractivity contribution < 1.29 is 4.79 Å². The van der Waals surface area contributed by atoms with Crippen LogP contribution in [0.1, 0.15) is 23.1 Å². The second kappa shape index (κ2) is 7.98. The molecule has 142 valence electrons. The fraction of sp³-hybridized carbons (Fsp3) is 0.238. The molecule has 0 saturated carbocycles. The van der Waals surface area contributed by atoms with Crippen molar-refractivity contribution in [1.82, 2.24) is 19.8 Å². The molecule has 7 heteroatoms. The highest BCUT2D eigenvalue weighted by Gasteiger charge is 2.22. The van der Waals surface area contributed by atoms with Gasteiger partial charge >= 0.3 is 0 Å². The van der Waals surface area contributed by atoms with Crippen LogP contribution in [-0.2, 0) is 4.79 Å². The maximum atomic E-state index is 12.6. The van der Waals surface area contributed by atoms with Crippen molar-refractivity contribution in [3.05, 3.63) is 71.5 Å². The quantitative estimate of drug-likeness (QED) is 0.623. The number of hydrazone groups is 1. The van der Waals surface area contributed by atoms with E-state index in [0.717, 1.165) is 28.9 Å². The van der Waals surface area contributed by atoms with Crippen molar-refractivity contribution in [2.75, 3.05) is 12.3 Å². The van der Waals surface area contributed by atoms with Crippen LogP contribution in [0.25, 0.3) is 5.69 Å². The number of aromatic nitrogens is 3. The maximum absolute atomic E-state index is 12.6. The molecule has 1 aliphatic heterocycles. The number of hydrogen-bond donors (Lipinski definition) is 0. The number of nitrogens with zero attached hydrogens (tertiary/aromatic N) is 5. The Morgan fingerprint density at radius 1 is 1.14 bits per heavy atom. The molecule has 0 unspecified atom stereocenters. The average molecular weight is 392 g/mol. The van der Waals surface area contributed by atoms with Gasteiger partial charge in [-0.05, 0) is 31.0 Å². The molecule has 0 spiro atoms. The van der Waals surface area contributed by atoms with Crippen molar-refractivity contribution in [2.45, 2.75) is 25.4 Å². The zero-order valence-corrected chi connectivity index (χ0v) is 16.7. The van der Waals surface area contributed by atoms with Gasteiger partial charge in [0.1, 0.15) is 6.33 Å². The maximum Gasteiger partial charge on any atom is 0.253 e. The molecular weight excluding hydrogens is 370 g/mol. The van der Waals surface area contributed by atoms with E-state index in [4.69, 9.17) is 0 Å². The number of amides is 1. The lowest BCUT2D eigenvalue weighted by Gasteiger charge is -2.12. The fourth-order valence-electron chi connectivity index (χ4n) is 3.24. The predicted molar refractivity (Wildman–Crippen MR) is 111 cm³/mol. The van der Waals surface area contributed by atoms with Gasteiger partial charge < -0.3 is 0 Å². The van der Waals surface area contributed by atoms with Crippen LogP contribution in [0, 0.1) is 13.8 Å². The second-order valence-corrected chi connectivity index (χ2v) is 7.68. The molecule has 3 aromatic rings. The summed E-state index contributed by atoms with van der Waals surface area (Å²) in [6.07, 6.45) is 2.46. The van der Waals surface area contributed by atoms with Gasteiger partial charge in [0.15, 0.2) is 5.16 Å². The van der Waals surface area contributed by atoms with Crippen LogP contribution in [0.2, 0.25) is 0 Å². The van der Waals surface area contributed by atoms with Crippen LogP contribution in [-0.4, -0.2) is 43.7 Å².